The fraction of sp³-hybridized carbons (Fsp3) is 0.421. The molecule has 0 aliphatic heterocycles. The van der Waals surface area contributed by atoms with Gasteiger partial charge in [0.25, 0.3) is 5.91 Å². The lowest BCUT2D eigenvalue weighted by Gasteiger charge is -2.12. The summed E-state index contributed by atoms with van der Waals surface area (Å²) >= 11 is 5.96. The monoisotopic (exact) mass is 394 g/mol. The van der Waals surface area contributed by atoms with Gasteiger partial charge in [-0.2, -0.15) is 0 Å². The smallest absolute Gasteiger partial charge is 0.344 e. The SMILES string of the molecule is Cc1cc(Cl)cc(C)c1OCC(=O)OCC(=O)Nc1cc(C(C)(C)C)no1. The second-order valence-electron chi connectivity index (χ2n) is 7.19. The van der Waals surface area contributed by atoms with Gasteiger partial charge in [-0.15, -0.1) is 0 Å². The van der Waals surface area contributed by atoms with Gasteiger partial charge in [0.1, 0.15) is 5.75 Å². The van der Waals surface area contributed by atoms with E-state index in [1.807, 2.05) is 34.6 Å². The molecule has 0 bridgehead atoms. The number of nitrogens with zero attached hydrogens (tertiary/aromatic N) is 1. The summed E-state index contributed by atoms with van der Waals surface area (Å²) in [5, 5.41) is 6.98. The number of hydrogen-bond acceptors (Lipinski definition) is 6. The molecule has 1 N–H and O–H groups in total. The Morgan fingerprint density at radius 1 is 1.15 bits per heavy atom. The Morgan fingerprint density at radius 3 is 2.33 bits per heavy atom. The van der Waals surface area contributed by atoms with Gasteiger partial charge in [0.15, 0.2) is 13.2 Å². The molecule has 0 unspecified atom stereocenters. The number of carbonyl (C=O) groups excluding carboxylic acids is 2. The number of carbonyl (C=O) groups is 2. The number of esters is 1. The molecule has 1 aromatic carbocycles. The molecule has 2 aromatic rings. The summed E-state index contributed by atoms with van der Waals surface area (Å²) in [6, 6.07) is 5.12. The summed E-state index contributed by atoms with van der Waals surface area (Å²) in [4.78, 5) is 23.7. The van der Waals surface area contributed by atoms with Crippen LogP contribution in [0, 0.1) is 13.8 Å². The number of hydrogen-bond donors (Lipinski definition) is 1. The van der Waals surface area contributed by atoms with Crippen LogP contribution in [-0.2, 0) is 19.7 Å². The number of aromatic nitrogens is 1. The van der Waals surface area contributed by atoms with Crippen LogP contribution in [0.1, 0.15) is 37.6 Å². The molecule has 1 heterocycles. The Balaban J connectivity index is 1.80. The van der Waals surface area contributed by atoms with E-state index in [0.717, 1.165) is 11.1 Å². The lowest BCUT2D eigenvalue weighted by molar-refractivity contribution is -0.149. The van der Waals surface area contributed by atoms with E-state index < -0.39 is 18.5 Å². The minimum absolute atomic E-state index is 0.199. The summed E-state index contributed by atoms with van der Waals surface area (Å²) in [5.41, 5.74) is 2.13. The van der Waals surface area contributed by atoms with E-state index >= 15 is 0 Å². The minimum atomic E-state index is -0.660. The number of ether oxygens (including phenoxy) is 2. The van der Waals surface area contributed by atoms with Crippen molar-refractivity contribution in [3.05, 3.63) is 40.0 Å². The number of rotatable bonds is 6. The summed E-state index contributed by atoms with van der Waals surface area (Å²) in [6.07, 6.45) is 0. The van der Waals surface area contributed by atoms with E-state index in [0.29, 0.717) is 16.5 Å². The molecule has 0 aliphatic carbocycles. The molecule has 1 amide bonds. The third-order valence-electron chi connectivity index (χ3n) is 3.66. The normalized spacial score (nSPS) is 11.2. The zero-order valence-corrected chi connectivity index (χ0v) is 16.8. The standard InChI is InChI=1S/C19H23ClN2O5/c1-11-6-13(20)7-12(2)18(11)26-10-17(24)25-9-15(23)21-16-8-14(22-27-16)19(3,4)5/h6-8H,9-10H2,1-5H3,(H,21,23). The fourth-order valence-electron chi connectivity index (χ4n) is 2.30. The van der Waals surface area contributed by atoms with Gasteiger partial charge < -0.3 is 14.0 Å². The van der Waals surface area contributed by atoms with E-state index in [-0.39, 0.29) is 17.9 Å². The fourth-order valence-corrected chi connectivity index (χ4v) is 2.63. The predicted octanol–water partition coefficient (Wildman–Crippen LogP) is 3.80. The molecule has 27 heavy (non-hydrogen) atoms. The number of halogens is 1. The number of anilines is 1. The molecular formula is C19H23ClN2O5. The Kier molecular flexibility index (Phi) is 6.49. The van der Waals surface area contributed by atoms with Gasteiger partial charge in [-0.1, -0.05) is 37.5 Å². The van der Waals surface area contributed by atoms with E-state index in [9.17, 15) is 9.59 Å². The highest BCUT2D eigenvalue weighted by Crippen LogP contribution is 2.27. The molecule has 1 aromatic heterocycles. The quantitative estimate of drug-likeness (QED) is 0.749. The maximum absolute atomic E-state index is 11.9. The molecule has 2 rings (SSSR count). The average molecular weight is 395 g/mol. The van der Waals surface area contributed by atoms with E-state index in [1.54, 1.807) is 18.2 Å². The maximum atomic E-state index is 11.9. The van der Waals surface area contributed by atoms with Crippen LogP contribution in [0.15, 0.2) is 22.7 Å². The van der Waals surface area contributed by atoms with Crippen LogP contribution in [0.2, 0.25) is 5.02 Å². The van der Waals surface area contributed by atoms with Crippen molar-refractivity contribution in [1.82, 2.24) is 5.16 Å². The Bertz CT molecular complexity index is 816. The van der Waals surface area contributed by atoms with Crippen LogP contribution < -0.4 is 10.1 Å². The van der Waals surface area contributed by atoms with Crippen LogP contribution >= 0.6 is 11.6 Å². The van der Waals surface area contributed by atoms with Crippen molar-refractivity contribution in [2.75, 3.05) is 18.5 Å². The highest BCUT2D eigenvalue weighted by molar-refractivity contribution is 6.30. The molecule has 0 fully saturated rings. The van der Waals surface area contributed by atoms with Crippen LogP contribution in [0.5, 0.6) is 5.75 Å². The van der Waals surface area contributed by atoms with Crippen molar-refractivity contribution in [2.24, 2.45) is 0 Å². The second kappa shape index (κ2) is 8.43. The van der Waals surface area contributed by atoms with Crippen LogP contribution in [0.25, 0.3) is 0 Å². The molecule has 0 atom stereocenters. The first-order valence-electron chi connectivity index (χ1n) is 8.38. The average Bonchev–Trinajstić information content (AvgIpc) is 3.00. The summed E-state index contributed by atoms with van der Waals surface area (Å²) in [6.45, 7) is 8.82. The van der Waals surface area contributed by atoms with Crippen molar-refractivity contribution in [2.45, 2.75) is 40.0 Å². The Morgan fingerprint density at radius 2 is 1.78 bits per heavy atom. The van der Waals surface area contributed by atoms with Gasteiger partial charge in [-0.3, -0.25) is 10.1 Å². The molecule has 0 radical (unpaired) electrons. The van der Waals surface area contributed by atoms with Crippen LogP contribution in [-0.4, -0.2) is 30.2 Å². The lowest BCUT2D eigenvalue weighted by Crippen LogP contribution is -2.23. The van der Waals surface area contributed by atoms with Crippen molar-refractivity contribution < 1.29 is 23.6 Å². The molecule has 8 heteroatoms. The van der Waals surface area contributed by atoms with E-state index in [2.05, 4.69) is 10.5 Å². The summed E-state index contributed by atoms with van der Waals surface area (Å²) in [7, 11) is 0. The lowest BCUT2D eigenvalue weighted by atomic mass is 9.92. The Labute approximate surface area is 163 Å². The zero-order chi connectivity index (χ0) is 20.2. The number of nitrogens with one attached hydrogen (secondary N) is 1. The van der Waals surface area contributed by atoms with Crippen LogP contribution in [0.3, 0.4) is 0 Å². The van der Waals surface area contributed by atoms with Crippen molar-refractivity contribution in [1.29, 1.82) is 0 Å². The van der Waals surface area contributed by atoms with Gasteiger partial charge >= 0.3 is 5.97 Å². The number of amides is 1. The molecule has 7 nitrogen and oxygen atoms in total. The summed E-state index contributed by atoms with van der Waals surface area (Å²) in [5.74, 6) is -0.424. The van der Waals surface area contributed by atoms with Gasteiger partial charge in [0, 0.05) is 16.5 Å². The Hall–Kier alpha value is -2.54. The first-order valence-corrected chi connectivity index (χ1v) is 8.76. The number of aryl methyl sites for hydroxylation is 2. The number of benzene rings is 1. The van der Waals surface area contributed by atoms with Gasteiger partial charge in [-0.05, 0) is 37.1 Å². The van der Waals surface area contributed by atoms with Crippen LogP contribution in [0.4, 0.5) is 5.88 Å². The van der Waals surface area contributed by atoms with E-state index in [1.165, 1.54) is 0 Å². The highest BCUT2D eigenvalue weighted by Gasteiger charge is 2.20. The zero-order valence-electron chi connectivity index (χ0n) is 16.0. The van der Waals surface area contributed by atoms with Gasteiger partial charge in [0.05, 0.1) is 5.69 Å². The maximum Gasteiger partial charge on any atom is 0.344 e. The third kappa shape index (κ3) is 5.99. The topological polar surface area (TPSA) is 90.7 Å². The summed E-state index contributed by atoms with van der Waals surface area (Å²) < 4.78 is 15.4. The second-order valence-corrected chi connectivity index (χ2v) is 7.63. The van der Waals surface area contributed by atoms with Gasteiger partial charge in [0.2, 0.25) is 5.88 Å². The first-order chi connectivity index (χ1) is 12.6. The highest BCUT2D eigenvalue weighted by atomic mass is 35.5. The molecule has 0 aliphatic rings. The largest absolute Gasteiger partial charge is 0.481 e. The van der Waals surface area contributed by atoms with Gasteiger partial charge in [-0.25, -0.2) is 4.79 Å². The minimum Gasteiger partial charge on any atom is -0.481 e. The molecule has 0 spiro atoms. The molecule has 0 saturated carbocycles. The predicted molar refractivity (Wildman–Crippen MR) is 101 cm³/mol. The molecule has 146 valence electrons. The third-order valence-corrected chi connectivity index (χ3v) is 3.88. The van der Waals surface area contributed by atoms with E-state index in [4.69, 9.17) is 25.6 Å². The molecule has 0 saturated heterocycles. The van der Waals surface area contributed by atoms with Crippen molar-refractivity contribution in [3.63, 3.8) is 0 Å². The molecular weight excluding hydrogens is 372 g/mol. The first kappa shape index (κ1) is 20.8. The van der Waals surface area contributed by atoms with Crippen molar-refractivity contribution in [3.8, 4) is 5.75 Å². The van der Waals surface area contributed by atoms with Crippen molar-refractivity contribution >= 4 is 29.4 Å².